The van der Waals surface area contributed by atoms with Gasteiger partial charge in [-0.15, -0.1) is 0 Å². The summed E-state index contributed by atoms with van der Waals surface area (Å²) in [6, 6.07) is 0. The largest absolute Gasteiger partial charge is 0.457 e. The van der Waals surface area contributed by atoms with Gasteiger partial charge in [0.05, 0.1) is 0 Å². The Hall–Kier alpha value is -0.660. The molecule has 0 saturated carbocycles. The fourth-order valence-corrected chi connectivity index (χ4v) is 2.09. The van der Waals surface area contributed by atoms with Gasteiger partial charge in [-0.2, -0.15) is 0 Å². The molecule has 0 fully saturated rings. The van der Waals surface area contributed by atoms with E-state index in [1.54, 1.807) is 12.5 Å². The molecule has 0 aromatic heterocycles. The van der Waals surface area contributed by atoms with Gasteiger partial charge in [0, 0.05) is 12.8 Å². The molecule has 2 nitrogen and oxygen atoms in total. The van der Waals surface area contributed by atoms with Gasteiger partial charge in [0.1, 0.15) is 12.5 Å². The van der Waals surface area contributed by atoms with E-state index in [0.717, 1.165) is 12.8 Å². The van der Waals surface area contributed by atoms with Crippen LogP contribution in [0.1, 0.15) is 59.3 Å². The first-order valence-corrected chi connectivity index (χ1v) is 6.19. The summed E-state index contributed by atoms with van der Waals surface area (Å²) in [7, 11) is 0. The lowest BCUT2D eigenvalue weighted by Gasteiger charge is -2.29. The van der Waals surface area contributed by atoms with Crippen molar-refractivity contribution in [3.05, 3.63) is 12.5 Å². The van der Waals surface area contributed by atoms with Crippen LogP contribution in [0.2, 0.25) is 0 Å². The molecule has 1 heterocycles. The lowest BCUT2D eigenvalue weighted by molar-refractivity contribution is -0.159. The Bertz CT molecular complexity index is 189. The summed E-state index contributed by atoms with van der Waals surface area (Å²) in [4.78, 5) is 0. The smallest absolute Gasteiger partial charge is 0.250 e. The Morgan fingerprint density at radius 3 is 2.27 bits per heavy atom. The van der Waals surface area contributed by atoms with Crippen LogP contribution in [0.3, 0.4) is 0 Å². The Kier molecular flexibility index (Phi) is 5.00. The highest BCUT2D eigenvalue weighted by Gasteiger charge is 2.35. The van der Waals surface area contributed by atoms with Crippen LogP contribution in [-0.4, -0.2) is 5.79 Å². The molecule has 0 bridgehead atoms. The van der Waals surface area contributed by atoms with E-state index in [9.17, 15) is 0 Å². The van der Waals surface area contributed by atoms with E-state index in [1.165, 1.54) is 25.7 Å². The van der Waals surface area contributed by atoms with Crippen LogP contribution in [0.4, 0.5) is 0 Å². The fourth-order valence-electron chi connectivity index (χ4n) is 2.09. The summed E-state index contributed by atoms with van der Waals surface area (Å²) in [6.45, 7) is 6.64. The molecule has 88 valence electrons. The normalized spacial score (nSPS) is 17.9. The molecule has 1 rings (SSSR count). The summed E-state index contributed by atoms with van der Waals surface area (Å²) in [6.07, 6.45) is 10.4. The fraction of sp³-hybridized carbons (Fsp3) is 0.846. The number of unbranched alkanes of at least 4 members (excludes halogenated alkanes) is 3. The van der Waals surface area contributed by atoms with Crippen molar-refractivity contribution in [1.29, 1.82) is 0 Å². The molecule has 0 aromatic rings. The Balaban J connectivity index is 2.30. The predicted molar refractivity (Wildman–Crippen MR) is 62.3 cm³/mol. The Morgan fingerprint density at radius 1 is 1.07 bits per heavy atom. The molecule has 2 heteroatoms. The minimum atomic E-state index is -0.345. The van der Waals surface area contributed by atoms with Gasteiger partial charge in [0.15, 0.2) is 0 Å². The third-order valence-corrected chi connectivity index (χ3v) is 2.75. The third kappa shape index (κ3) is 4.15. The second-order valence-electron chi connectivity index (χ2n) is 4.83. The van der Waals surface area contributed by atoms with Crippen molar-refractivity contribution in [1.82, 2.24) is 0 Å². The molecule has 0 aliphatic carbocycles. The number of hydrogen-bond acceptors (Lipinski definition) is 2. The van der Waals surface area contributed by atoms with Gasteiger partial charge in [-0.3, -0.25) is 0 Å². The molecule has 0 saturated heterocycles. The van der Waals surface area contributed by atoms with Gasteiger partial charge in [-0.25, -0.2) is 0 Å². The topological polar surface area (TPSA) is 18.5 Å². The number of hydrogen-bond donors (Lipinski definition) is 0. The monoisotopic (exact) mass is 212 g/mol. The molecule has 15 heavy (non-hydrogen) atoms. The average molecular weight is 212 g/mol. The number of rotatable bonds is 7. The predicted octanol–water partition coefficient (Wildman–Crippen LogP) is 4.22. The zero-order valence-electron chi connectivity index (χ0n) is 10.3. The third-order valence-electron chi connectivity index (χ3n) is 2.75. The molecule has 0 amide bonds. The van der Waals surface area contributed by atoms with Crippen molar-refractivity contribution in [3.63, 3.8) is 0 Å². The lowest BCUT2D eigenvalue weighted by Crippen LogP contribution is -2.31. The summed E-state index contributed by atoms with van der Waals surface area (Å²) in [5, 5.41) is 0. The van der Waals surface area contributed by atoms with Crippen LogP contribution in [0.25, 0.3) is 0 Å². The lowest BCUT2D eigenvalue weighted by atomic mass is 9.97. The first-order chi connectivity index (χ1) is 7.18. The SMILES string of the molecule is CCCCCCC1(CC(C)C)OC=CO1. The van der Waals surface area contributed by atoms with Crippen molar-refractivity contribution in [2.75, 3.05) is 0 Å². The van der Waals surface area contributed by atoms with E-state index in [2.05, 4.69) is 20.8 Å². The molecule has 0 radical (unpaired) electrons. The van der Waals surface area contributed by atoms with E-state index in [0.29, 0.717) is 5.92 Å². The van der Waals surface area contributed by atoms with Crippen LogP contribution in [0.5, 0.6) is 0 Å². The molecule has 0 aromatic carbocycles. The second-order valence-corrected chi connectivity index (χ2v) is 4.83. The van der Waals surface area contributed by atoms with Gasteiger partial charge in [0.2, 0.25) is 5.79 Å². The molecule has 0 atom stereocenters. The highest BCUT2D eigenvalue weighted by molar-refractivity contribution is 4.84. The van der Waals surface area contributed by atoms with E-state index in [-0.39, 0.29) is 5.79 Å². The highest BCUT2D eigenvalue weighted by Crippen LogP contribution is 2.33. The van der Waals surface area contributed by atoms with Crippen molar-refractivity contribution in [3.8, 4) is 0 Å². The van der Waals surface area contributed by atoms with Gasteiger partial charge in [-0.1, -0.05) is 40.0 Å². The van der Waals surface area contributed by atoms with Crippen LogP contribution in [0.15, 0.2) is 12.5 Å². The standard InChI is InChI=1S/C13H24O2/c1-4-5-6-7-8-13(11-12(2)3)14-9-10-15-13/h9-10,12H,4-8,11H2,1-3H3. The summed E-state index contributed by atoms with van der Waals surface area (Å²) in [5.74, 6) is 0.262. The summed E-state index contributed by atoms with van der Waals surface area (Å²) in [5.41, 5.74) is 0. The van der Waals surface area contributed by atoms with Gasteiger partial charge in [0.25, 0.3) is 0 Å². The maximum atomic E-state index is 5.63. The van der Waals surface area contributed by atoms with Crippen molar-refractivity contribution >= 4 is 0 Å². The van der Waals surface area contributed by atoms with Crippen molar-refractivity contribution in [2.45, 2.75) is 65.1 Å². The van der Waals surface area contributed by atoms with E-state index < -0.39 is 0 Å². The quantitative estimate of drug-likeness (QED) is 0.588. The maximum Gasteiger partial charge on any atom is 0.250 e. The van der Waals surface area contributed by atoms with Crippen LogP contribution in [0, 0.1) is 5.92 Å². The van der Waals surface area contributed by atoms with Crippen LogP contribution in [-0.2, 0) is 9.47 Å². The van der Waals surface area contributed by atoms with Gasteiger partial charge >= 0.3 is 0 Å². The van der Waals surface area contributed by atoms with Gasteiger partial charge in [-0.05, 0) is 12.3 Å². The first-order valence-electron chi connectivity index (χ1n) is 6.19. The molecule has 0 unspecified atom stereocenters. The molecular weight excluding hydrogens is 188 g/mol. The highest BCUT2D eigenvalue weighted by atomic mass is 16.7. The van der Waals surface area contributed by atoms with Crippen molar-refractivity contribution in [2.24, 2.45) is 5.92 Å². The average Bonchev–Trinajstić information content (AvgIpc) is 2.61. The minimum absolute atomic E-state index is 0.345. The Morgan fingerprint density at radius 2 is 1.73 bits per heavy atom. The minimum Gasteiger partial charge on any atom is -0.457 e. The van der Waals surface area contributed by atoms with E-state index in [1.807, 2.05) is 0 Å². The van der Waals surface area contributed by atoms with E-state index in [4.69, 9.17) is 9.47 Å². The molecule has 1 aliphatic heterocycles. The Labute approximate surface area is 93.7 Å². The van der Waals surface area contributed by atoms with Crippen molar-refractivity contribution < 1.29 is 9.47 Å². The van der Waals surface area contributed by atoms with E-state index >= 15 is 0 Å². The summed E-state index contributed by atoms with van der Waals surface area (Å²) < 4.78 is 11.3. The first kappa shape index (κ1) is 12.4. The van der Waals surface area contributed by atoms with Crippen LogP contribution < -0.4 is 0 Å². The molecule has 0 spiro atoms. The molecular formula is C13H24O2. The zero-order chi connectivity index (χ0) is 11.1. The maximum absolute atomic E-state index is 5.63. The second kappa shape index (κ2) is 6.04. The molecule has 0 N–H and O–H groups in total. The summed E-state index contributed by atoms with van der Waals surface area (Å²) >= 11 is 0. The zero-order valence-corrected chi connectivity index (χ0v) is 10.3. The van der Waals surface area contributed by atoms with Crippen LogP contribution >= 0.6 is 0 Å². The molecule has 1 aliphatic rings. The van der Waals surface area contributed by atoms with Gasteiger partial charge < -0.3 is 9.47 Å². The number of ether oxygens (including phenoxy) is 2.